The maximum Gasteiger partial charge on any atom is 0.391 e. The van der Waals surface area contributed by atoms with Gasteiger partial charge < -0.3 is 9.26 Å². The molecular weight excluding hydrogens is 339 g/mol. The zero-order valence-corrected chi connectivity index (χ0v) is 15.6. The molecule has 1 atom stereocenters. The van der Waals surface area contributed by atoms with E-state index in [4.69, 9.17) is 13.8 Å². The van der Waals surface area contributed by atoms with E-state index in [1.807, 2.05) is 36.4 Å². The zero-order chi connectivity index (χ0) is 18.2. The van der Waals surface area contributed by atoms with Crippen molar-refractivity contribution < 1.29 is 23.1 Å². The van der Waals surface area contributed by atoms with Crippen molar-refractivity contribution >= 4 is 13.6 Å². The smallest absolute Gasteiger partial charge is 0.391 e. The van der Waals surface area contributed by atoms with Crippen LogP contribution in [0.15, 0.2) is 42.5 Å². The lowest BCUT2D eigenvalue weighted by molar-refractivity contribution is 0.0665. The number of fused-ring (bicyclic) bond motifs is 1. The summed E-state index contributed by atoms with van der Waals surface area (Å²) in [7, 11) is -1.97. The molecule has 1 aliphatic rings. The van der Waals surface area contributed by atoms with Gasteiger partial charge in [-0.3, -0.25) is 4.52 Å². The van der Waals surface area contributed by atoms with Crippen molar-refractivity contribution in [3.63, 3.8) is 0 Å². The number of ether oxygens (including phenoxy) is 1. The third kappa shape index (κ3) is 2.88. The normalized spacial score (nSPS) is 21.4. The summed E-state index contributed by atoms with van der Waals surface area (Å²) in [6.45, 7) is 5.50. The molecule has 0 saturated carbocycles. The molecule has 2 aromatic rings. The standard InChI is InChI=1S/C19H21O5P/c1-5-23-25(21)19(2,3)17-10-9-14(12-16(17)18(20)24-25)13-7-6-8-15(11-13)22-4/h6-12H,5H2,1-4H3. The highest BCUT2D eigenvalue weighted by molar-refractivity contribution is 7.55. The quantitative estimate of drug-likeness (QED) is 0.718. The summed E-state index contributed by atoms with van der Waals surface area (Å²) < 4.78 is 28.9. The molecule has 0 bridgehead atoms. The predicted octanol–water partition coefficient (Wildman–Crippen LogP) is 5.00. The van der Waals surface area contributed by atoms with Crippen LogP contribution < -0.4 is 4.74 Å². The van der Waals surface area contributed by atoms with Gasteiger partial charge in [-0.05, 0) is 55.7 Å². The number of rotatable bonds is 4. The van der Waals surface area contributed by atoms with Gasteiger partial charge in [0.1, 0.15) is 10.9 Å². The van der Waals surface area contributed by atoms with E-state index >= 15 is 0 Å². The van der Waals surface area contributed by atoms with Crippen LogP contribution in [0.2, 0.25) is 0 Å². The molecule has 0 radical (unpaired) electrons. The summed E-state index contributed by atoms with van der Waals surface area (Å²) in [5.74, 6) is 0.120. The number of hydrogen-bond acceptors (Lipinski definition) is 5. The van der Waals surface area contributed by atoms with Crippen LogP contribution >= 0.6 is 7.60 Å². The summed E-state index contributed by atoms with van der Waals surface area (Å²) in [6.07, 6.45) is 0. The lowest BCUT2D eigenvalue weighted by atomic mass is 9.92. The lowest BCUT2D eigenvalue weighted by Crippen LogP contribution is -2.30. The van der Waals surface area contributed by atoms with Crippen LogP contribution in [0.1, 0.15) is 36.7 Å². The molecule has 25 heavy (non-hydrogen) atoms. The van der Waals surface area contributed by atoms with Gasteiger partial charge in [0.15, 0.2) is 0 Å². The van der Waals surface area contributed by atoms with Gasteiger partial charge in [0.25, 0.3) is 0 Å². The molecule has 1 aliphatic heterocycles. The van der Waals surface area contributed by atoms with Gasteiger partial charge >= 0.3 is 13.6 Å². The highest BCUT2D eigenvalue weighted by atomic mass is 31.2. The van der Waals surface area contributed by atoms with Crippen LogP contribution in [0, 0.1) is 0 Å². The first kappa shape index (κ1) is 17.7. The van der Waals surface area contributed by atoms with Crippen LogP contribution in [0.5, 0.6) is 5.75 Å². The number of benzene rings is 2. The van der Waals surface area contributed by atoms with Crippen LogP contribution in [0.4, 0.5) is 0 Å². The summed E-state index contributed by atoms with van der Waals surface area (Å²) in [5, 5.41) is -0.904. The topological polar surface area (TPSA) is 61.8 Å². The molecular formula is C19H21O5P. The predicted molar refractivity (Wildman–Crippen MR) is 96.1 cm³/mol. The molecule has 0 N–H and O–H groups in total. The van der Waals surface area contributed by atoms with Crippen molar-refractivity contribution in [2.45, 2.75) is 25.9 Å². The van der Waals surface area contributed by atoms with Gasteiger partial charge in [-0.2, -0.15) is 0 Å². The van der Waals surface area contributed by atoms with Gasteiger partial charge in [-0.25, -0.2) is 9.36 Å². The average Bonchev–Trinajstić information content (AvgIpc) is 2.60. The van der Waals surface area contributed by atoms with Crippen molar-refractivity contribution in [2.24, 2.45) is 0 Å². The van der Waals surface area contributed by atoms with Gasteiger partial charge in [0.2, 0.25) is 0 Å². The van der Waals surface area contributed by atoms with Gasteiger partial charge in [0, 0.05) is 0 Å². The second-order valence-electron chi connectivity index (χ2n) is 6.35. The minimum absolute atomic E-state index is 0.214. The molecule has 0 aromatic heterocycles. The van der Waals surface area contributed by atoms with E-state index in [9.17, 15) is 9.36 Å². The molecule has 0 spiro atoms. The fourth-order valence-electron chi connectivity index (χ4n) is 3.01. The molecule has 3 rings (SSSR count). The zero-order valence-electron chi connectivity index (χ0n) is 14.7. The molecule has 132 valence electrons. The third-order valence-electron chi connectivity index (χ3n) is 4.49. The van der Waals surface area contributed by atoms with E-state index in [1.165, 1.54) is 0 Å². The molecule has 0 amide bonds. The number of methoxy groups -OCH3 is 1. The number of carbonyl (C=O) groups excluding carboxylic acids is 1. The summed E-state index contributed by atoms with van der Waals surface area (Å²) in [4.78, 5) is 12.5. The first-order valence-corrected chi connectivity index (χ1v) is 9.64. The Bertz CT molecular complexity index is 872. The van der Waals surface area contributed by atoms with Crippen molar-refractivity contribution in [3.8, 4) is 16.9 Å². The SMILES string of the molecule is CCOP1(=O)OC(=O)c2cc(-c3cccc(OC)c3)ccc2C1(C)C. The van der Waals surface area contributed by atoms with Crippen LogP contribution in [0.25, 0.3) is 11.1 Å². The van der Waals surface area contributed by atoms with E-state index < -0.39 is 18.7 Å². The van der Waals surface area contributed by atoms with Crippen LogP contribution in [0.3, 0.4) is 0 Å². The van der Waals surface area contributed by atoms with Crippen molar-refractivity contribution in [2.75, 3.05) is 13.7 Å². The molecule has 2 aromatic carbocycles. The number of carbonyl (C=O) groups is 1. The largest absolute Gasteiger partial charge is 0.497 e. The fourth-order valence-corrected chi connectivity index (χ4v) is 4.76. The Balaban J connectivity index is 2.11. The van der Waals surface area contributed by atoms with E-state index in [2.05, 4.69) is 0 Å². The van der Waals surface area contributed by atoms with Crippen molar-refractivity contribution in [3.05, 3.63) is 53.6 Å². The Labute approximate surface area is 147 Å². The first-order chi connectivity index (χ1) is 11.8. The minimum Gasteiger partial charge on any atom is -0.497 e. The van der Waals surface area contributed by atoms with Crippen molar-refractivity contribution in [1.82, 2.24) is 0 Å². The second kappa shape index (κ2) is 6.32. The Morgan fingerprint density at radius 2 is 1.84 bits per heavy atom. The summed E-state index contributed by atoms with van der Waals surface area (Å²) in [5.41, 5.74) is 2.87. The maximum absolute atomic E-state index is 13.0. The molecule has 1 heterocycles. The van der Waals surface area contributed by atoms with Crippen molar-refractivity contribution in [1.29, 1.82) is 0 Å². The maximum atomic E-state index is 13.0. The lowest BCUT2D eigenvalue weighted by Gasteiger charge is -2.37. The second-order valence-corrected chi connectivity index (χ2v) is 8.90. The van der Waals surface area contributed by atoms with E-state index in [1.54, 1.807) is 33.9 Å². The van der Waals surface area contributed by atoms with E-state index in [0.717, 1.165) is 16.9 Å². The van der Waals surface area contributed by atoms with Gasteiger partial charge in [-0.15, -0.1) is 0 Å². The van der Waals surface area contributed by atoms with E-state index in [-0.39, 0.29) is 6.61 Å². The fraction of sp³-hybridized carbons (Fsp3) is 0.316. The Morgan fingerprint density at radius 3 is 2.52 bits per heavy atom. The monoisotopic (exact) mass is 360 g/mol. The van der Waals surface area contributed by atoms with E-state index in [0.29, 0.717) is 11.1 Å². The molecule has 6 heteroatoms. The van der Waals surface area contributed by atoms with Crippen LogP contribution in [-0.4, -0.2) is 19.7 Å². The minimum atomic E-state index is -3.57. The molecule has 0 saturated heterocycles. The Hall–Kier alpha value is -2.10. The Morgan fingerprint density at radius 1 is 1.12 bits per heavy atom. The molecule has 1 unspecified atom stereocenters. The van der Waals surface area contributed by atoms with Gasteiger partial charge in [0.05, 0.1) is 19.3 Å². The number of hydrogen-bond donors (Lipinski definition) is 0. The third-order valence-corrected chi connectivity index (χ3v) is 7.10. The highest BCUT2D eigenvalue weighted by Crippen LogP contribution is 2.67. The average molecular weight is 360 g/mol. The molecule has 5 nitrogen and oxygen atoms in total. The Kier molecular flexibility index (Phi) is 4.48. The summed E-state index contributed by atoms with van der Waals surface area (Å²) >= 11 is 0. The molecule has 0 aliphatic carbocycles. The summed E-state index contributed by atoms with van der Waals surface area (Å²) in [6, 6.07) is 13.1. The first-order valence-electron chi connectivity index (χ1n) is 8.10. The van der Waals surface area contributed by atoms with Crippen LogP contribution in [-0.2, 0) is 18.8 Å². The molecule has 0 fully saturated rings. The van der Waals surface area contributed by atoms with Gasteiger partial charge in [-0.1, -0.05) is 24.3 Å². The highest BCUT2D eigenvalue weighted by Gasteiger charge is 2.52.